The zero-order chi connectivity index (χ0) is 11.6. The molecule has 1 aliphatic carbocycles. The zero-order valence-electron chi connectivity index (χ0n) is 10.4. The second-order valence-corrected chi connectivity index (χ2v) is 5.13. The van der Waals surface area contributed by atoms with E-state index in [4.69, 9.17) is 0 Å². The zero-order valence-corrected chi connectivity index (χ0v) is 10.4. The van der Waals surface area contributed by atoms with Gasteiger partial charge in [-0.2, -0.15) is 0 Å². The van der Waals surface area contributed by atoms with Crippen molar-refractivity contribution in [2.45, 2.75) is 44.9 Å². The van der Waals surface area contributed by atoms with Crippen molar-refractivity contribution in [3.8, 4) is 0 Å². The van der Waals surface area contributed by atoms with Gasteiger partial charge in [0, 0.05) is 5.41 Å². The van der Waals surface area contributed by atoms with Gasteiger partial charge >= 0.3 is 0 Å². The SMILES string of the molecule is CCC(C)C1(CO)CCCc2ccccc21. The third kappa shape index (κ3) is 1.67. The summed E-state index contributed by atoms with van der Waals surface area (Å²) in [6, 6.07) is 8.66. The van der Waals surface area contributed by atoms with E-state index in [0.717, 1.165) is 12.8 Å². The molecule has 1 aromatic rings. The number of aliphatic hydroxyl groups excluding tert-OH is 1. The Morgan fingerprint density at radius 1 is 1.38 bits per heavy atom. The Bertz CT molecular complexity index is 358. The van der Waals surface area contributed by atoms with E-state index >= 15 is 0 Å². The molecule has 0 bridgehead atoms. The van der Waals surface area contributed by atoms with Crippen LogP contribution in [-0.2, 0) is 11.8 Å². The van der Waals surface area contributed by atoms with Crippen LogP contribution in [-0.4, -0.2) is 11.7 Å². The topological polar surface area (TPSA) is 20.2 Å². The van der Waals surface area contributed by atoms with Crippen LogP contribution in [0.4, 0.5) is 0 Å². The lowest BCUT2D eigenvalue weighted by Crippen LogP contribution is -2.40. The van der Waals surface area contributed by atoms with E-state index in [1.165, 1.54) is 24.0 Å². The molecule has 2 unspecified atom stereocenters. The Labute approximate surface area is 98.5 Å². The lowest BCUT2D eigenvalue weighted by Gasteiger charge is -2.42. The summed E-state index contributed by atoms with van der Waals surface area (Å²) in [5.74, 6) is 0.555. The minimum atomic E-state index is 0.0175. The van der Waals surface area contributed by atoms with Gasteiger partial charge in [-0.3, -0.25) is 0 Å². The van der Waals surface area contributed by atoms with Crippen LogP contribution >= 0.6 is 0 Å². The van der Waals surface area contributed by atoms with Crippen molar-refractivity contribution in [1.82, 2.24) is 0 Å². The molecule has 1 nitrogen and oxygen atoms in total. The molecule has 0 radical (unpaired) electrons. The predicted molar refractivity (Wildman–Crippen MR) is 67.6 cm³/mol. The molecule has 0 aromatic heterocycles. The van der Waals surface area contributed by atoms with Crippen molar-refractivity contribution >= 4 is 0 Å². The molecule has 88 valence electrons. The number of aryl methyl sites for hydroxylation is 1. The molecule has 16 heavy (non-hydrogen) atoms. The summed E-state index contributed by atoms with van der Waals surface area (Å²) in [7, 11) is 0. The fourth-order valence-corrected chi connectivity index (χ4v) is 3.18. The van der Waals surface area contributed by atoms with Crippen molar-refractivity contribution in [3.05, 3.63) is 35.4 Å². The molecule has 1 aliphatic rings. The van der Waals surface area contributed by atoms with Crippen molar-refractivity contribution in [3.63, 3.8) is 0 Å². The fourth-order valence-electron chi connectivity index (χ4n) is 3.18. The summed E-state index contributed by atoms with van der Waals surface area (Å²) in [5.41, 5.74) is 2.87. The maximum atomic E-state index is 9.89. The van der Waals surface area contributed by atoms with Crippen LogP contribution in [0.1, 0.15) is 44.2 Å². The first-order valence-electron chi connectivity index (χ1n) is 6.44. The Morgan fingerprint density at radius 3 is 2.81 bits per heavy atom. The molecule has 2 atom stereocenters. The second-order valence-electron chi connectivity index (χ2n) is 5.13. The van der Waals surface area contributed by atoms with Crippen molar-refractivity contribution in [2.75, 3.05) is 6.61 Å². The number of rotatable bonds is 3. The number of hydrogen-bond acceptors (Lipinski definition) is 1. The first-order chi connectivity index (χ1) is 7.74. The normalized spacial score (nSPS) is 26.2. The van der Waals surface area contributed by atoms with E-state index in [1.807, 2.05) is 0 Å². The Balaban J connectivity index is 2.49. The number of hydrogen-bond donors (Lipinski definition) is 1. The molecule has 1 aromatic carbocycles. The fraction of sp³-hybridized carbons (Fsp3) is 0.600. The molecule has 1 N–H and O–H groups in total. The average molecular weight is 218 g/mol. The standard InChI is InChI=1S/C15H22O/c1-3-12(2)15(11-16)10-6-8-13-7-4-5-9-14(13)15/h4-5,7,9,12,16H,3,6,8,10-11H2,1-2H3. The average Bonchev–Trinajstić information content (AvgIpc) is 2.37. The molecule has 0 amide bonds. The smallest absolute Gasteiger partial charge is 0.0530 e. The van der Waals surface area contributed by atoms with Crippen LogP contribution in [0.15, 0.2) is 24.3 Å². The molecule has 2 rings (SSSR count). The Hall–Kier alpha value is -0.820. The van der Waals surface area contributed by atoms with E-state index in [-0.39, 0.29) is 5.41 Å². The van der Waals surface area contributed by atoms with Crippen molar-refractivity contribution in [2.24, 2.45) is 5.92 Å². The highest BCUT2D eigenvalue weighted by molar-refractivity contribution is 5.37. The number of fused-ring (bicyclic) bond motifs is 1. The minimum Gasteiger partial charge on any atom is -0.395 e. The molecule has 0 saturated carbocycles. The van der Waals surface area contributed by atoms with Gasteiger partial charge in [-0.1, -0.05) is 44.5 Å². The van der Waals surface area contributed by atoms with Gasteiger partial charge in [0.1, 0.15) is 0 Å². The highest BCUT2D eigenvalue weighted by Gasteiger charge is 2.39. The number of aliphatic hydroxyl groups is 1. The van der Waals surface area contributed by atoms with Gasteiger partial charge in [-0.15, -0.1) is 0 Å². The van der Waals surface area contributed by atoms with Gasteiger partial charge in [0.25, 0.3) is 0 Å². The van der Waals surface area contributed by atoms with Gasteiger partial charge in [-0.25, -0.2) is 0 Å². The molecule has 0 aliphatic heterocycles. The summed E-state index contributed by atoms with van der Waals surface area (Å²) in [4.78, 5) is 0. The molecule has 0 heterocycles. The lowest BCUT2D eigenvalue weighted by molar-refractivity contribution is 0.121. The van der Waals surface area contributed by atoms with Crippen molar-refractivity contribution in [1.29, 1.82) is 0 Å². The van der Waals surface area contributed by atoms with Crippen LogP contribution in [0.25, 0.3) is 0 Å². The van der Waals surface area contributed by atoms with Crippen LogP contribution in [0.5, 0.6) is 0 Å². The lowest BCUT2D eigenvalue weighted by atomic mass is 9.63. The summed E-state index contributed by atoms with van der Waals surface area (Å²) in [6.07, 6.45) is 4.65. The van der Waals surface area contributed by atoms with E-state index in [2.05, 4.69) is 38.1 Å². The van der Waals surface area contributed by atoms with Gasteiger partial charge in [0.2, 0.25) is 0 Å². The minimum absolute atomic E-state index is 0.0175. The quantitative estimate of drug-likeness (QED) is 0.825. The van der Waals surface area contributed by atoms with Crippen LogP contribution in [0.3, 0.4) is 0 Å². The van der Waals surface area contributed by atoms with E-state index in [0.29, 0.717) is 12.5 Å². The third-order valence-electron chi connectivity index (χ3n) is 4.46. The van der Waals surface area contributed by atoms with Gasteiger partial charge in [0.05, 0.1) is 6.61 Å². The van der Waals surface area contributed by atoms with Crippen molar-refractivity contribution < 1.29 is 5.11 Å². The molecule has 0 saturated heterocycles. The Kier molecular flexibility index (Phi) is 3.34. The molecule has 0 spiro atoms. The molecule has 1 heteroatoms. The maximum Gasteiger partial charge on any atom is 0.0530 e. The molecular weight excluding hydrogens is 196 g/mol. The first-order valence-corrected chi connectivity index (χ1v) is 6.44. The van der Waals surface area contributed by atoms with Crippen LogP contribution in [0.2, 0.25) is 0 Å². The highest BCUT2D eigenvalue weighted by atomic mass is 16.3. The highest BCUT2D eigenvalue weighted by Crippen LogP contribution is 2.43. The van der Waals surface area contributed by atoms with Gasteiger partial charge in [-0.05, 0) is 36.3 Å². The summed E-state index contributed by atoms with van der Waals surface area (Å²) in [5, 5.41) is 9.89. The second kappa shape index (κ2) is 4.58. The van der Waals surface area contributed by atoms with Gasteiger partial charge in [0.15, 0.2) is 0 Å². The largest absolute Gasteiger partial charge is 0.395 e. The monoisotopic (exact) mass is 218 g/mol. The maximum absolute atomic E-state index is 9.89. The summed E-state index contributed by atoms with van der Waals surface area (Å²) >= 11 is 0. The summed E-state index contributed by atoms with van der Waals surface area (Å²) < 4.78 is 0. The predicted octanol–water partition coefficient (Wildman–Crippen LogP) is 3.30. The van der Waals surface area contributed by atoms with Gasteiger partial charge < -0.3 is 5.11 Å². The van der Waals surface area contributed by atoms with Crippen LogP contribution in [0, 0.1) is 5.92 Å². The third-order valence-corrected chi connectivity index (χ3v) is 4.46. The number of benzene rings is 1. The molecular formula is C15H22O. The Morgan fingerprint density at radius 2 is 2.12 bits per heavy atom. The van der Waals surface area contributed by atoms with E-state index < -0.39 is 0 Å². The van der Waals surface area contributed by atoms with E-state index in [1.54, 1.807) is 0 Å². The first kappa shape index (κ1) is 11.7. The molecule has 0 fully saturated rings. The van der Waals surface area contributed by atoms with Crippen LogP contribution < -0.4 is 0 Å². The summed E-state index contributed by atoms with van der Waals surface area (Å²) in [6.45, 7) is 4.79. The van der Waals surface area contributed by atoms with E-state index in [9.17, 15) is 5.11 Å².